The number of piperidine rings is 1. The fraction of sp³-hybridized carbons (Fsp3) is 0.786. The lowest BCUT2D eigenvalue weighted by molar-refractivity contribution is 0.133. The zero-order valence-electron chi connectivity index (χ0n) is 11.9. The largest absolute Gasteiger partial charge is 0.301 e. The van der Waals surface area contributed by atoms with Crippen LogP contribution in [-0.2, 0) is 12.0 Å². The van der Waals surface area contributed by atoms with Crippen LogP contribution in [0.2, 0.25) is 0 Å². The maximum absolute atomic E-state index is 14.0. The monoisotopic (exact) mass is 253 g/mol. The standard InChI is InChI=1S/C14H24FN3/c1-5-18-10-12(15)13(16-18)14(4)6-8-17(9-7-14)11(2)3/h10-11H,5-9H2,1-4H3. The fourth-order valence-electron chi connectivity index (χ4n) is 2.74. The predicted molar refractivity (Wildman–Crippen MR) is 71.2 cm³/mol. The van der Waals surface area contributed by atoms with Crippen LogP contribution in [0.5, 0.6) is 0 Å². The van der Waals surface area contributed by atoms with E-state index in [2.05, 4.69) is 30.8 Å². The van der Waals surface area contributed by atoms with Gasteiger partial charge in [0, 0.05) is 18.0 Å². The molecule has 2 rings (SSSR count). The van der Waals surface area contributed by atoms with Gasteiger partial charge in [0.1, 0.15) is 5.69 Å². The van der Waals surface area contributed by atoms with Gasteiger partial charge in [0.2, 0.25) is 0 Å². The van der Waals surface area contributed by atoms with E-state index in [1.165, 1.54) is 6.20 Å². The van der Waals surface area contributed by atoms with Crippen molar-refractivity contribution in [3.63, 3.8) is 0 Å². The van der Waals surface area contributed by atoms with Gasteiger partial charge in [0.05, 0.1) is 6.20 Å². The molecule has 0 aromatic carbocycles. The molecule has 1 saturated heterocycles. The number of nitrogens with zero attached hydrogens (tertiary/aromatic N) is 3. The van der Waals surface area contributed by atoms with Crippen molar-refractivity contribution in [2.45, 2.75) is 58.5 Å². The first-order valence-corrected chi connectivity index (χ1v) is 6.94. The van der Waals surface area contributed by atoms with E-state index in [0.717, 1.165) is 32.5 Å². The van der Waals surface area contributed by atoms with E-state index in [4.69, 9.17) is 0 Å². The number of hydrogen-bond acceptors (Lipinski definition) is 2. The molecule has 0 radical (unpaired) electrons. The van der Waals surface area contributed by atoms with E-state index in [1.54, 1.807) is 4.68 Å². The van der Waals surface area contributed by atoms with E-state index < -0.39 is 0 Å². The third kappa shape index (κ3) is 2.44. The number of likely N-dealkylation sites (tertiary alicyclic amines) is 1. The summed E-state index contributed by atoms with van der Waals surface area (Å²) in [7, 11) is 0. The highest BCUT2D eigenvalue weighted by Gasteiger charge is 2.36. The van der Waals surface area contributed by atoms with Crippen molar-refractivity contribution in [2.24, 2.45) is 0 Å². The Labute approximate surface area is 109 Å². The molecule has 0 bridgehead atoms. The predicted octanol–water partition coefficient (Wildman–Crippen LogP) is 2.80. The first-order valence-electron chi connectivity index (χ1n) is 6.94. The Hall–Kier alpha value is -0.900. The molecule has 0 atom stereocenters. The van der Waals surface area contributed by atoms with Gasteiger partial charge in [-0.25, -0.2) is 4.39 Å². The highest BCUT2D eigenvalue weighted by molar-refractivity contribution is 5.17. The summed E-state index contributed by atoms with van der Waals surface area (Å²) in [6, 6.07) is 0.576. The summed E-state index contributed by atoms with van der Waals surface area (Å²) < 4.78 is 15.7. The van der Waals surface area contributed by atoms with Crippen LogP contribution in [0.25, 0.3) is 0 Å². The van der Waals surface area contributed by atoms with Crippen molar-refractivity contribution in [3.8, 4) is 0 Å². The summed E-state index contributed by atoms with van der Waals surface area (Å²) in [4.78, 5) is 2.45. The van der Waals surface area contributed by atoms with Gasteiger partial charge in [-0.05, 0) is 46.7 Å². The zero-order valence-corrected chi connectivity index (χ0v) is 11.9. The number of rotatable bonds is 3. The Bertz CT molecular complexity index is 403. The van der Waals surface area contributed by atoms with E-state index in [9.17, 15) is 4.39 Å². The molecule has 1 aliphatic rings. The van der Waals surface area contributed by atoms with Crippen molar-refractivity contribution in [3.05, 3.63) is 17.7 Å². The van der Waals surface area contributed by atoms with Gasteiger partial charge >= 0.3 is 0 Å². The van der Waals surface area contributed by atoms with Gasteiger partial charge < -0.3 is 4.90 Å². The number of aromatic nitrogens is 2. The molecule has 2 heterocycles. The Morgan fingerprint density at radius 2 is 2.00 bits per heavy atom. The molecule has 0 aliphatic carbocycles. The van der Waals surface area contributed by atoms with Crippen LogP contribution < -0.4 is 0 Å². The zero-order chi connectivity index (χ0) is 13.3. The summed E-state index contributed by atoms with van der Waals surface area (Å²) in [5, 5.41) is 4.42. The molecule has 0 amide bonds. The van der Waals surface area contributed by atoms with Crippen LogP contribution in [0.1, 0.15) is 46.2 Å². The second-order valence-corrected chi connectivity index (χ2v) is 5.87. The molecular formula is C14H24FN3. The first-order chi connectivity index (χ1) is 8.46. The molecule has 0 saturated carbocycles. The fourth-order valence-corrected chi connectivity index (χ4v) is 2.74. The third-order valence-corrected chi connectivity index (χ3v) is 4.24. The van der Waals surface area contributed by atoms with Crippen LogP contribution in [0, 0.1) is 5.82 Å². The summed E-state index contributed by atoms with van der Waals surface area (Å²) >= 11 is 0. The normalized spacial score (nSPS) is 20.6. The second-order valence-electron chi connectivity index (χ2n) is 5.87. The maximum Gasteiger partial charge on any atom is 0.164 e. The Kier molecular flexibility index (Phi) is 3.76. The highest BCUT2D eigenvalue weighted by Crippen LogP contribution is 2.35. The van der Waals surface area contributed by atoms with Crippen molar-refractivity contribution < 1.29 is 4.39 Å². The molecule has 1 aromatic heterocycles. The lowest BCUT2D eigenvalue weighted by Crippen LogP contribution is -2.44. The van der Waals surface area contributed by atoms with Crippen LogP contribution in [0.4, 0.5) is 4.39 Å². The number of hydrogen-bond donors (Lipinski definition) is 0. The molecule has 3 nitrogen and oxygen atoms in total. The lowest BCUT2D eigenvalue weighted by atomic mass is 9.77. The van der Waals surface area contributed by atoms with E-state index in [1.807, 2.05) is 6.92 Å². The first kappa shape index (κ1) is 13.5. The number of halogens is 1. The van der Waals surface area contributed by atoms with E-state index >= 15 is 0 Å². The Morgan fingerprint density at radius 1 is 1.39 bits per heavy atom. The van der Waals surface area contributed by atoms with Crippen molar-refractivity contribution >= 4 is 0 Å². The summed E-state index contributed by atoms with van der Waals surface area (Å²) in [5.74, 6) is -0.141. The van der Waals surface area contributed by atoms with E-state index in [0.29, 0.717) is 11.7 Å². The minimum Gasteiger partial charge on any atom is -0.301 e. The van der Waals surface area contributed by atoms with E-state index in [-0.39, 0.29) is 11.2 Å². The second kappa shape index (κ2) is 5.00. The molecule has 1 aromatic rings. The van der Waals surface area contributed by atoms with Crippen LogP contribution in [0.15, 0.2) is 6.20 Å². The molecule has 0 spiro atoms. The molecule has 4 heteroatoms. The number of aryl methyl sites for hydroxylation is 1. The van der Waals surface area contributed by atoms with Crippen LogP contribution >= 0.6 is 0 Å². The lowest BCUT2D eigenvalue weighted by Gasteiger charge is -2.40. The average Bonchev–Trinajstić information content (AvgIpc) is 2.72. The Morgan fingerprint density at radius 3 is 2.44 bits per heavy atom. The van der Waals surface area contributed by atoms with Gasteiger partial charge in [-0.1, -0.05) is 6.92 Å². The molecule has 0 N–H and O–H groups in total. The molecule has 18 heavy (non-hydrogen) atoms. The molecule has 1 aliphatic heterocycles. The summed E-state index contributed by atoms with van der Waals surface area (Å²) in [6.07, 6.45) is 3.50. The van der Waals surface area contributed by atoms with Gasteiger partial charge in [0.15, 0.2) is 5.82 Å². The Balaban J connectivity index is 2.15. The van der Waals surface area contributed by atoms with Crippen molar-refractivity contribution in [1.29, 1.82) is 0 Å². The average molecular weight is 253 g/mol. The molecular weight excluding hydrogens is 229 g/mol. The SMILES string of the molecule is CCn1cc(F)c(C2(C)CCN(C(C)C)CC2)n1. The quantitative estimate of drug-likeness (QED) is 0.826. The smallest absolute Gasteiger partial charge is 0.164 e. The maximum atomic E-state index is 14.0. The molecule has 0 unspecified atom stereocenters. The van der Waals surface area contributed by atoms with Gasteiger partial charge in [-0.2, -0.15) is 5.10 Å². The summed E-state index contributed by atoms with van der Waals surface area (Å²) in [5.41, 5.74) is 0.559. The van der Waals surface area contributed by atoms with Gasteiger partial charge in [0.25, 0.3) is 0 Å². The van der Waals surface area contributed by atoms with Gasteiger partial charge in [-0.15, -0.1) is 0 Å². The van der Waals surface area contributed by atoms with Crippen LogP contribution in [0.3, 0.4) is 0 Å². The topological polar surface area (TPSA) is 21.1 Å². The minimum atomic E-state index is -0.141. The highest BCUT2D eigenvalue weighted by atomic mass is 19.1. The third-order valence-electron chi connectivity index (χ3n) is 4.24. The van der Waals surface area contributed by atoms with Crippen LogP contribution in [-0.4, -0.2) is 33.8 Å². The molecule has 102 valence electrons. The van der Waals surface area contributed by atoms with Crippen molar-refractivity contribution in [1.82, 2.24) is 14.7 Å². The molecule has 1 fully saturated rings. The van der Waals surface area contributed by atoms with Crippen molar-refractivity contribution in [2.75, 3.05) is 13.1 Å². The summed E-state index contributed by atoms with van der Waals surface area (Å²) in [6.45, 7) is 11.4. The minimum absolute atomic E-state index is 0.101. The van der Waals surface area contributed by atoms with Gasteiger partial charge in [-0.3, -0.25) is 4.68 Å².